The Morgan fingerprint density at radius 2 is 1.15 bits per heavy atom. The van der Waals surface area contributed by atoms with Crippen LogP contribution in [0.1, 0.15) is 194 Å². The van der Waals surface area contributed by atoms with Gasteiger partial charge in [-0.2, -0.15) is 0 Å². The molecule has 8 nitrogen and oxygen atoms in total. The minimum atomic E-state index is -4.56. The van der Waals surface area contributed by atoms with Gasteiger partial charge in [-0.15, -0.1) is 0 Å². The number of hydrogen-bond donors (Lipinski definition) is 2. The van der Waals surface area contributed by atoms with Gasteiger partial charge in [-0.3, -0.25) is 9.36 Å². The Hall–Kier alpha value is -1.02. The second kappa shape index (κ2) is 35.7. The third-order valence-corrected chi connectivity index (χ3v) is 10.6. The summed E-state index contributed by atoms with van der Waals surface area (Å²) < 4.78 is 23.2. The zero-order valence-corrected chi connectivity index (χ0v) is 35.7. The largest absolute Gasteiger partial charge is 0.756 e. The molecular weight excluding hydrogens is 671 g/mol. The number of allylic oxidation sites excluding steroid dienone is 4. The van der Waals surface area contributed by atoms with Crippen LogP contribution in [0.15, 0.2) is 24.3 Å². The highest BCUT2D eigenvalue weighted by Gasteiger charge is 2.24. The molecule has 52 heavy (non-hydrogen) atoms. The summed E-state index contributed by atoms with van der Waals surface area (Å²) in [6.07, 6.45) is 40.3. The maximum atomic E-state index is 12.8. The molecule has 0 aliphatic heterocycles. The van der Waals surface area contributed by atoms with E-state index in [1.165, 1.54) is 96.3 Å². The van der Waals surface area contributed by atoms with Crippen molar-refractivity contribution in [1.29, 1.82) is 0 Å². The van der Waals surface area contributed by atoms with Gasteiger partial charge in [0.25, 0.3) is 7.82 Å². The van der Waals surface area contributed by atoms with Crippen molar-refractivity contribution in [3.63, 3.8) is 0 Å². The molecular formula is C43H85N2O6P. The molecule has 9 heteroatoms. The van der Waals surface area contributed by atoms with Crippen molar-refractivity contribution >= 4 is 13.7 Å². The first-order valence-electron chi connectivity index (χ1n) is 21.7. The molecule has 0 saturated carbocycles. The van der Waals surface area contributed by atoms with E-state index in [1.54, 1.807) is 0 Å². The minimum Gasteiger partial charge on any atom is -0.756 e. The maximum absolute atomic E-state index is 12.8. The lowest BCUT2D eigenvalue weighted by molar-refractivity contribution is -0.870. The predicted molar refractivity (Wildman–Crippen MR) is 219 cm³/mol. The fraction of sp³-hybridized carbons (Fsp3) is 0.884. The average Bonchev–Trinajstić information content (AvgIpc) is 3.09. The third-order valence-electron chi connectivity index (χ3n) is 9.67. The number of likely N-dealkylation sites (N-methyl/N-ethyl adjacent to an activating group) is 1. The number of hydrogen-bond acceptors (Lipinski definition) is 6. The highest BCUT2D eigenvalue weighted by atomic mass is 31.2. The summed E-state index contributed by atoms with van der Waals surface area (Å²) >= 11 is 0. The summed E-state index contributed by atoms with van der Waals surface area (Å²) in [5.41, 5.74) is 0. The van der Waals surface area contributed by atoms with Gasteiger partial charge in [0.05, 0.1) is 39.9 Å². The molecule has 3 atom stereocenters. The summed E-state index contributed by atoms with van der Waals surface area (Å²) in [5, 5.41) is 13.9. The molecule has 0 aromatic rings. The lowest BCUT2D eigenvalue weighted by atomic mass is 10.0. The van der Waals surface area contributed by atoms with E-state index in [0.717, 1.165) is 70.6 Å². The molecule has 0 saturated heterocycles. The van der Waals surface area contributed by atoms with Gasteiger partial charge >= 0.3 is 0 Å². The van der Waals surface area contributed by atoms with E-state index in [0.29, 0.717) is 23.9 Å². The first kappa shape index (κ1) is 51.0. The lowest BCUT2D eigenvalue weighted by Crippen LogP contribution is -2.46. The van der Waals surface area contributed by atoms with Crippen molar-refractivity contribution in [2.24, 2.45) is 0 Å². The van der Waals surface area contributed by atoms with Gasteiger partial charge in [-0.05, 0) is 38.5 Å². The number of nitrogens with zero attached hydrogens (tertiary/aromatic N) is 1. The van der Waals surface area contributed by atoms with E-state index >= 15 is 0 Å². The SMILES string of the molecule is CCC/C=C\C/C=C\CCCCCCCC(=O)NC(COP(=O)([O-])OCC[N+](C)(C)C)C(O)CCCCCCCCCCCCCCCCCCC. The molecule has 3 unspecified atom stereocenters. The number of nitrogens with one attached hydrogen (secondary N) is 1. The van der Waals surface area contributed by atoms with Gasteiger partial charge < -0.3 is 28.8 Å². The number of carbonyl (C=O) groups is 1. The van der Waals surface area contributed by atoms with E-state index in [4.69, 9.17) is 9.05 Å². The molecule has 0 aromatic carbocycles. The fourth-order valence-electron chi connectivity index (χ4n) is 6.19. The molecule has 0 fully saturated rings. The monoisotopic (exact) mass is 757 g/mol. The molecule has 0 aliphatic carbocycles. The molecule has 0 aromatic heterocycles. The highest BCUT2D eigenvalue weighted by molar-refractivity contribution is 7.45. The maximum Gasteiger partial charge on any atom is 0.268 e. The van der Waals surface area contributed by atoms with Gasteiger partial charge in [0.15, 0.2) is 0 Å². The van der Waals surface area contributed by atoms with Gasteiger partial charge in [0.2, 0.25) is 5.91 Å². The molecule has 1 amide bonds. The Morgan fingerprint density at radius 1 is 0.673 bits per heavy atom. The summed E-state index contributed by atoms with van der Waals surface area (Å²) in [5.74, 6) is -0.180. The van der Waals surface area contributed by atoms with Crippen molar-refractivity contribution in [3.05, 3.63) is 24.3 Å². The van der Waals surface area contributed by atoms with E-state index in [1.807, 2.05) is 21.1 Å². The first-order chi connectivity index (χ1) is 25.0. The van der Waals surface area contributed by atoms with Crippen molar-refractivity contribution in [2.75, 3.05) is 40.9 Å². The number of rotatable bonds is 39. The van der Waals surface area contributed by atoms with E-state index in [9.17, 15) is 19.4 Å². The normalized spacial score (nSPS) is 14.7. The fourth-order valence-corrected chi connectivity index (χ4v) is 6.92. The second-order valence-corrected chi connectivity index (χ2v) is 17.5. The Bertz CT molecular complexity index is 907. The van der Waals surface area contributed by atoms with Crippen LogP contribution in [0.25, 0.3) is 0 Å². The number of phosphoric ester groups is 1. The van der Waals surface area contributed by atoms with E-state index < -0.39 is 20.0 Å². The molecule has 0 aliphatic rings. The standard InChI is InChI=1S/C43H85N2O6P/c1-6-8-10-12-14-16-18-20-21-22-23-25-26-28-30-32-34-36-42(46)41(40-51-52(48,49)50-39-38-45(3,4)5)44-43(47)37-35-33-31-29-27-24-19-17-15-13-11-9-7-2/h11,13,17,19,41-42,46H,6-10,12,14-16,18,20-40H2,1-5H3,(H-,44,47,48,49)/b13-11-,19-17-. The summed E-state index contributed by atoms with van der Waals surface area (Å²) in [7, 11) is 1.29. The van der Waals surface area contributed by atoms with Crippen molar-refractivity contribution in [3.8, 4) is 0 Å². The number of aliphatic hydroxyl groups excluding tert-OH is 1. The van der Waals surface area contributed by atoms with Crippen LogP contribution in [0.4, 0.5) is 0 Å². The van der Waals surface area contributed by atoms with Gasteiger partial charge in [-0.25, -0.2) is 0 Å². The minimum absolute atomic E-state index is 0.00971. The molecule has 2 N–H and O–H groups in total. The molecule has 308 valence electrons. The van der Waals surface area contributed by atoms with Crippen molar-refractivity contribution in [2.45, 2.75) is 206 Å². The highest BCUT2D eigenvalue weighted by Crippen LogP contribution is 2.38. The first-order valence-corrected chi connectivity index (χ1v) is 23.1. The molecule has 0 rings (SSSR count). The van der Waals surface area contributed by atoms with Crippen LogP contribution >= 0.6 is 7.82 Å². The van der Waals surface area contributed by atoms with Crippen LogP contribution in [0.2, 0.25) is 0 Å². The summed E-state index contributed by atoms with van der Waals surface area (Å²) in [6, 6.07) is -0.804. The number of carbonyl (C=O) groups excluding carboxylic acids is 1. The van der Waals surface area contributed by atoms with Crippen LogP contribution in [0.5, 0.6) is 0 Å². The quantitative estimate of drug-likeness (QED) is 0.0280. The van der Waals surface area contributed by atoms with E-state index in [2.05, 4.69) is 43.5 Å². The van der Waals surface area contributed by atoms with E-state index in [-0.39, 0.29) is 19.1 Å². The number of quaternary nitrogens is 1. The van der Waals surface area contributed by atoms with Crippen LogP contribution < -0.4 is 10.2 Å². The zero-order valence-electron chi connectivity index (χ0n) is 34.8. The van der Waals surface area contributed by atoms with Gasteiger partial charge in [0, 0.05) is 6.42 Å². The second-order valence-electron chi connectivity index (χ2n) is 16.1. The van der Waals surface area contributed by atoms with Gasteiger partial charge in [0.1, 0.15) is 13.2 Å². The molecule has 0 bridgehead atoms. The van der Waals surface area contributed by atoms with Crippen LogP contribution in [-0.2, 0) is 18.4 Å². The van der Waals surface area contributed by atoms with Crippen molar-refractivity contribution in [1.82, 2.24) is 5.32 Å². The van der Waals surface area contributed by atoms with Crippen LogP contribution in [-0.4, -0.2) is 68.5 Å². The van der Waals surface area contributed by atoms with Crippen LogP contribution in [0.3, 0.4) is 0 Å². The predicted octanol–water partition coefficient (Wildman–Crippen LogP) is 11.1. The number of unbranched alkanes of at least 4 members (excludes halogenated alkanes) is 22. The molecule has 0 spiro atoms. The lowest BCUT2D eigenvalue weighted by Gasteiger charge is -2.30. The number of aliphatic hydroxyl groups is 1. The zero-order chi connectivity index (χ0) is 38.6. The Morgan fingerprint density at radius 3 is 1.67 bits per heavy atom. The Balaban J connectivity index is 4.38. The third kappa shape index (κ3) is 37.3. The van der Waals surface area contributed by atoms with Crippen molar-refractivity contribution < 1.29 is 32.9 Å². The number of phosphoric acid groups is 1. The smallest absolute Gasteiger partial charge is 0.268 e. The Kier molecular flexibility index (Phi) is 35.0. The average molecular weight is 757 g/mol. The summed E-state index contributed by atoms with van der Waals surface area (Å²) in [6.45, 7) is 4.64. The van der Waals surface area contributed by atoms with Crippen LogP contribution in [0, 0.1) is 0 Å². The molecule has 0 heterocycles. The number of amides is 1. The Labute approximate surface area is 322 Å². The topological polar surface area (TPSA) is 108 Å². The van der Waals surface area contributed by atoms with Gasteiger partial charge in [-0.1, -0.05) is 173 Å². The summed E-state index contributed by atoms with van der Waals surface area (Å²) in [4.78, 5) is 25.3. The molecule has 0 radical (unpaired) electrons.